The van der Waals surface area contributed by atoms with Crippen molar-refractivity contribution in [2.75, 3.05) is 11.2 Å². The lowest BCUT2D eigenvalue weighted by Gasteiger charge is -2.29. The number of para-hydroxylation sites is 1. The topological polar surface area (TPSA) is 126 Å². The minimum Gasteiger partial charge on any atom is -0.452 e. The van der Waals surface area contributed by atoms with Crippen LogP contribution in [0, 0.1) is 10.1 Å². The highest BCUT2D eigenvalue weighted by Gasteiger charge is 2.46. The van der Waals surface area contributed by atoms with Gasteiger partial charge in [0.2, 0.25) is 11.1 Å². The van der Waals surface area contributed by atoms with Crippen molar-refractivity contribution in [2.24, 2.45) is 0 Å². The Labute approximate surface area is 197 Å². The number of nitro groups is 1. The van der Waals surface area contributed by atoms with Crippen molar-refractivity contribution >= 4 is 29.0 Å². The van der Waals surface area contributed by atoms with E-state index in [4.69, 9.17) is 4.42 Å². The molecule has 2 aromatic heterocycles. The molecule has 2 aromatic carbocycles. The number of nitrogens with zero attached hydrogens (tertiary/aromatic N) is 4. The zero-order valence-corrected chi connectivity index (χ0v) is 18.9. The fraction of sp³-hybridized carbons (Fsp3) is 0.130. The molecule has 0 bridgehead atoms. The third-order valence-electron chi connectivity index (χ3n) is 5.53. The molecule has 0 radical (unpaired) electrons. The zero-order valence-electron chi connectivity index (χ0n) is 18.1. The van der Waals surface area contributed by atoms with Crippen LogP contribution in [0.1, 0.15) is 18.8 Å². The molecule has 0 aliphatic carbocycles. The molecule has 1 N–H and O–H groups in total. The Balaban J connectivity index is 1.69. The number of aromatic amines is 1. The summed E-state index contributed by atoms with van der Waals surface area (Å²) in [5.74, 6) is 0.593. The standard InChI is InChI=1S/C23H17N5O5S/c1-13(29)26-17-6-4-3-5-16(17)20-21(30)24-23(34-2)25-27(20)22(26)19-12-11-18(33-19)14-7-9-15(10-8-14)28(31)32/h3-12,22H,1-2H3/p+1/t22-/m1/s1. The smallest absolute Gasteiger partial charge is 0.325 e. The Morgan fingerprint density at radius 1 is 1.18 bits per heavy atom. The van der Waals surface area contributed by atoms with Gasteiger partial charge in [-0.1, -0.05) is 23.9 Å². The third kappa shape index (κ3) is 3.46. The number of anilines is 1. The van der Waals surface area contributed by atoms with Crippen molar-refractivity contribution < 1.29 is 18.8 Å². The van der Waals surface area contributed by atoms with Crippen LogP contribution in [-0.2, 0) is 4.79 Å². The number of fused-ring (bicyclic) bond motifs is 3. The number of hydrogen-bond acceptors (Lipinski definition) is 7. The Kier molecular flexibility index (Phi) is 5.25. The van der Waals surface area contributed by atoms with Crippen molar-refractivity contribution in [3.05, 3.63) is 86.9 Å². The second-order valence-corrected chi connectivity index (χ2v) is 8.34. The van der Waals surface area contributed by atoms with Gasteiger partial charge in [-0.2, -0.15) is 0 Å². The largest absolute Gasteiger partial charge is 0.452 e. The summed E-state index contributed by atoms with van der Waals surface area (Å²) in [6, 6.07) is 16.5. The number of non-ortho nitro benzene ring substituents is 1. The molecule has 10 nitrogen and oxygen atoms in total. The summed E-state index contributed by atoms with van der Waals surface area (Å²) in [4.78, 5) is 40.7. The van der Waals surface area contributed by atoms with Crippen LogP contribution >= 0.6 is 11.8 Å². The Morgan fingerprint density at radius 2 is 1.91 bits per heavy atom. The van der Waals surface area contributed by atoms with Gasteiger partial charge in [-0.05, 0) is 47.3 Å². The lowest BCUT2D eigenvalue weighted by atomic mass is 10.0. The van der Waals surface area contributed by atoms with E-state index in [1.165, 1.54) is 40.4 Å². The predicted molar refractivity (Wildman–Crippen MR) is 124 cm³/mol. The molecule has 1 aliphatic heterocycles. The number of furan rings is 1. The van der Waals surface area contributed by atoms with E-state index in [0.717, 1.165) is 0 Å². The minimum absolute atomic E-state index is 0.0281. The zero-order chi connectivity index (χ0) is 24.0. The van der Waals surface area contributed by atoms with Gasteiger partial charge >= 0.3 is 17.4 Å². The van der Waals surface area contributed by atoms with Gasteiger partial charge in [0.25, 0.3) is 5.69 Å². The second-order valence-electron chi connectivity index (χ2n) is 7.54. The highest BCUT2D eigenvalue weighted by molar-refractivity contribution is 7.98. The molecule has 1 atom stereocenters. The van der Waals surface area contributed by atoms with Crippen molar-refractivity contribution in [2.45, 2.75) is 18.2 Å². The summed E-state index contributed by atoms with van der Waals surface area (Å²) >= 11 is 1.27. The van der Waals surface area contributed by atoms with E-state index in [1.807, 2.05) is 0 Å². The van der Waals surface area contributed by atoms with Gasteiger partial charge in [0, 0.05) is 29.7 Å². The Bertz CT molecular complexity index is 1490. The number of H-pyrrole nitrogens is 1. The average Bonchev–Trinajstić information content (AvgIpc) is 3.32. The second kappa shape index (κ2) is 8.27. The number of aromatic nitrogens is 3. The van der Waals surface area contributed by atoms with E-state index in [0.29, 0.717) is 39.2 Å². The molecule has 34 heavy (non-hydrogen) atoms. The molecule has 4 aromatic rings. The van der Waals surface area contributed by atoms with E-state index < -0.39 is 11.1 Å². The Morgan fingerprint density at radius 3 is 2.59 bits per heavy atom. The van der Waals surface area contributed by atoms with E-state index in [-0.39, 0.29) is 17.2 Å². The highest BCUT2D eigenvalue weighted by Crippen LogP contribution is 2.38. The van der Waals surface area contributed by atoms with Crippen LogP contribution in [0.4, 0.5) is 11.4 Å². The average molecular weight is 476 g/mol. The normalized spacial score (nSPS) is 14.4. The van der Waals surface area contributed by atoms with Crippen LogP contribution < -0.4 is 15.1 Å². The number of hydrogen-bond donors (Lipinski definition) is 1. The minimum atomic E-state index is -0.845. The van der Waals surface area contributed by atoms with Crippen molar-refractivity contribution in [3.8, 4) is 22.6 Å². The van der Waals surface area contributed by atoms with Crippen LogP contribution in [0.2, 0.25) is 0 Å². The molecule has 0 unspecified atom stereocenters. The number of rotatable bonds is 4. The number of benzene rings is 2. The highest BCUT2D eigenvalue weighted by atomic mass is 32.2. The molecule has 0 saturated heterocycles. The number of nitrogens with one attached hydrogen (secondary N) is 1. The van der Waals surface area contributed by atoms with Crippen molar-refractivity contribution in [3.63, 3.8) is 0 Å². The number of thioether (sulfide) groups is 1. The summed E-state index contributed by atoms with van der Waals surface area (Å²) in [6.45, 7) is 1.44. The number of nitro benzene ring substituents is 1. The van der Waals surface area contributed by atoms with Crippen LogP contribution in [0.15, 0.2) is 75.0 Å². The molecule has 3 heterocycles. The summed E-state index contributed by atoms with van der Waals surface area (Å²) in [6.07, 6.45) is 0.946. The fourth-order valence-corrected chi connectivity index (χ4v) is 4.42. The third-order valence-corrected chi connectivity index (χ3v) is 6.11. The molecule has 5 rings (SSSR count). The molecule has 170 valence electrons. The number of carbonyl (C=O) groups excluding carboxylic acids is 1. The first kappa shape index (κ1) is 21.6. The van der Waals surface area contributed by atoms with Gasteiger partial charge in [-0.25, -0.2) is 4.90 Å². The first-order chi connectivity index (χ1) is 16.4. The molecule has 1 amide bonds. The van der Waals surface area contributed by atoms with E-state index in [2.05, 4.69) is 10.1 Å². The van der Waals surface area contributed by atoms with Gasteiger partial charge in [0.15, 0.2) is 5.76 Å². The molecule has 1 aliphatic rings. The summed E-state index contributed by atoms with van der Waals surface area (Å²) in [7, 11) is 0. The number of amides is 1. The maximum absolute atomic E-state index is 13.1. The first-order valence-electron chi connectivity index (χ1n) is 10.2. The maximum atomic E-state index is 13.1. The van der Waals surface area contributed by atoms with Crippen LogP contribution in [0.3, 0.4) is 0 Å². The molecule has 0 fully saturated rings. The predicted octanol–water partition coefficient (Wildman–Crippen LogP) is 3.53. The van der Waals surface area contributed by atoms with Crippen molar-refractivity contribution in [1.82, 2.24) is 10.1 Å². The van der Waals surface area contributed by atoms with Gasteiger partial charge in [-0.15, -0.1) is 0 Å². The van der Waals surface area contributed by atoms with E-state index in [9.17, 15) is 19.7 Å². The maximum Gasteiger partial charge on any atom is 0.325 e. The van der Waals surface area contributed by atoms with Gasteiger partial charge in [-0.3, -0.25) is 24.7 Å². The molecular weight excluding hydrogens is 458 g/mol. The summed E-state index contributed by atoms with van der Waals surface area (Å²) in [5, 5.41) is 15.9. The molecule has 0 spiro atoms. The molecular formula is C23H18N5O5S+. The van der Waals surface area contributed by atoms with Crippen molar-refractivity contribution in [1.29, 1.82) is 0 Å². The molecule has 0 saturated carbocycles. The number of carbonyl (C=O) groups is 1. The Hall–Kier alpha value is -4.25. The lowest BCUT2D eigenvalue weighted by molar-refractivity contribution is -0.764. The SMILES string of the molecule is CSc1n[n+]2c(c(=O)[nH]1)-c1ccccc1N(C(C)=O)[C@H]2c1ccc(-c2ccc([N+](=O)[O-])cc2)o1. The van der Waals surface area contributed by atoms with Crippen LogP contribution in [0.25, 0.3) is 22.6 Å². The summed E-state index contributed by atoms with van der Waals surface area (Å²) in [5.41, 5.74) is 1.73. The van der Waals surface area contributed by atoms with Gasteiger partial charge in [0.05, 0.1) is 16.2 Å². The van der Waals surface area contributed by atoms with E-state index >= 15 is 0 Å². The summed E-state index contributed by atoms with van der Waals surface area (Å²) < 4.78 is 7.64. The van der Waals surface area contributed by atoms with Gasteiger partial charge in [0.1, 0.15) is 5.76 Å². The lowest BCUT2D eigenvalue weighted by Crippen LogP contribution is -2.60. The fourth-order valence-electron chi connectivity index (χ4n) is 4.06. The van der Waals surface area contributed by atoms with Gasteiger partial charge < -0.3 is 4.42 Å². The van der Waals surface area contributed by atoms with E-state index in [1.54, 1.807) is 54.8 Å². The van der Waals surface area contributed by atoms with Crippen LogP contribution in [-0.4, -0.2) is 27.2 Å². The molecule has 11 heteroatoms. The monoisotopic (exact) mass is 476 g/mol. The first-order valence-corrected chi connectivity index (χ1v) is 11.5. The quantitative estimate of drug-likeness (QED) is 0.207. The van der Waals surface area contributed by atoms with Crippen LogP contribution in [0.5, 0.6) is 0 Å².